The molecule has 0 spiro atoms. The minimum atomic E-state index is -0.649. The number of aromatic amines is 1. The van der Waals surface area contributed by atoms with Crippen molar-refractivity contribution in [1.82, 2.24) is 15.4 Å². The number of esters is 1. The molecule has 7 heteroatoms. The summed E-state index contributed by atoms with van der Waals surface area (Å²) >= 11 is 0. The van der Waals surface area contributed by atoms with Crippen LogP contribution in [0.25, 0.3) is 11.0 Å². The SMILES string of the molecule is COC(=O)C(N)Cc1cc(C)c2[nH]nnc2c1.Cl. The van der Waals surface area contributed by atoms with Gasteiger partial charge in [0.05, 0.1) is 12.6 Å². The van der Waals surface area contributed by atoms with Crippen LogP contribution in [0.5, 0.6) is 0 Å². The molecule has 18 heavy (non-hydrogen) atoms. The van der Waals surface area contributed by atoms with Crippen molar-refractivity contribution in [2.45, 2.75) is 19.4 Å². The van der Waals surface area contributed by atoms with Crippen molar-refractivity contribution in [3.05, 3.63) is 23.3 Å². The highest BCUT2D eigenvalue weighted by atomic mass is 35.5. The highest BCUT2D eigenvalue weighted by Gasteiger charge is 2.15. The summed E-state index contributed by atoms with van der Waals surface area (Å²) in [5, 5.41) is 10.5. The van der Waals surface area contributed by atoms with E-state index in [1.165, 1.54) is 7.11 Å². The van der Waals surface area contributed by atoms with Gasteiger partial charge in [-0.15, -0.1) is 17.5 Å². The number of fused-ring (bicyclic) bond motifs is 1. The van der Waals surface area contributed by atoms with E-state index in [1.807, 2.05) is 19.1 Å². The molecule has 0 amide bonds. The van der Waals surface area contributed by atoms with Crippen LogP contribution in [-0.2, 0) is 16.0 Å². The van der Waals surface area contributed by atoms with Crippen molar-refractivity contribution in [2.24, 2.45) is 5.73 Å². The minimum absolute atomic E-state index is 0. The molecule has 0 saturated carbocycles. The number of aryl methyl sites for hydroxylation is 1. The first kappa shape index (κ1) is 14.4. The predicted octanol–water partition coefficient (Wildman–Crippen LogP) is 0.731. The Morgan fingerprint density at radius 1 is 1.56 bits per heavy atom. The Kier molecular flexibility index (Phi) is 4.63. The fourth-order valence-corrected chi connectivity index (χ4v) is 1.80. The van der Waals surface area contributed by atoms with E-state index in [9.17, 15) is 4.79 Å². The van der Waals surface area contributed by atoms with Crippen LogP contribution in [0.4, 0.5) is 0 Å². The predicted molar refractivity (Wildman–Crippen MR) is 69.6 cm³/mol. The summed E-state index contributed by atoms with van der Waals surface area (Å²) in [6.07, 6.45) is 0.427. The van der Waals surface area contributed by atoms with E-state index in [4.69, 9.17) is 5.73 Å². The number of aromatic nitrogens is 3. The molecule has 1 heterocycles. The second kappa shape index (κ2) is 5.79. The van der Waals surface area contributed by atoms with Crippen LogP contribution in [-0.4, -0.2) is 34.5 Å². The van der Waals surface area contributed by atoms with Crippen molar-refractivity contribution < 1.29 is 9.53 Å². The Balaban J connectivity index is 0.00000162. The third kappa shape index (κ3) is 2.77. The third-order valence-electron chi connectivity index (χ3n) is 2.65. The summed E-state index contributed by atoms with van der Waals surface area (Å²) < 4.78 is 4.59. The van der Waals surface area contributed by atoms with Crippen molar-refractivity contribution in [1.29, 1.82) is 0 Å². The molecule has 0 aliphatic heterocycles. The van der Waals surface area contributed by atoms with Gasteiger partial charge in [0.25, 0.3) is 0 Å². The van der Waals surface area contributed by atoms with Crippen LogP contribution in [0.3, 0.4) is 0 Å². The highest BCUT2D eigenvalue weighted by molar-refractivity contribution is 5.85. The van der Waals surface area contributed by atoms with Crippen LogP contribution >= 0.6 is 12.4 Å². The zero-order valence-electron chi connectivity index (χ0n) is 10.1. The van der Waals surface area contributed by atoms with Gasteiger partial charge in [-0.25, -0.2) is 0 Å². The van der Waals surface area contributed by atoms with Gasteiger partial charge in [0.15, 0.2) is 0 Å². The van der Waals surface area contributed by atoms with E-state index in [0.29, 0.717) is 6.42 Å². The van der Waals surface area contributed by atoms with Crippen LogP contribution < -0.4 is 5.73 Å². The first-order valence-electron chi connectivity index (χ1n) is 5.25. The number of hydrogen-bond donors (Lipinski definition) is 2. The second-order valence-electron chi connectivity index (χ2n) is 3.95. The monoisotopic (exact) mass is 270 g/mol. The number of rotatable bonds is 3. The van der Waals surface area contributed by atoms with E-state index in [0.717, 1.165) is 22.2 Å². The maximum Gasteiger partial charge on any atom is 0.322 e. The van der Waals surface area contributed by atoms with E-state index >= 15 is 0 Å². The number of carbonyl (C=O) groups is 1. The van der Waals surface area contributed by atoms with Crippen molar-refractivity contribution >= 4 is 29.4 Å². The molecule has 0 aliphatic rings. The Labute approximate surface area is 110 Å². The van der Waals surface area contributed by atoms with Gasteiger partial charge in [-0.2, -0.15) is 0 Å². The number of nitrogens with one attached hydrogen (secondary N) is 1. The molecule has 2 aromatic rings. The highest BCUT2D eigenvalue weighted by Crippen LogP contribution is 2.17. The van der Waals surface area contributed by atoms with Crippen LogP contribution in [0.15, 0.2) is 12.1 Å². The number of H-pyrrole nitrogens is 1. The van der Waals surface area contributed by atoms with E-state index in [2.05, 4.69) is 20.1 Å². The number of carbonyl (C=O) groups excluding carboxylic acids is 1. The van der Waals surface area contributed by atoms with E-state index in [1.54, 1.807) is 0 Å². The van der Waals surface area contributed by atoms with Gasteiger partial charge in [0.1, 0.15) is 11.6 Å². The van der Waals surface area contributed by atoms with Crippen LogP contribution in [0.1, 0.15) is 11.1 Å². The van der Waals surface area contributed by atoms with Gasteiger partial charge in [-0.3, -0.25) is 9.89 Å². The number of methoxy groups -OCH3 is 1. The Morgan fingerprint density at radius 2 is 2.28 bits per heavy atom. The summed E-state index contributed by atoms with van der Waals surface area (Å²) in [5.74, 6) is -0.414. The fourth-order valence-electron chi connectivity index (χ4n) is 1.80. The molecule has 1 aromatic heterocycles. The lowest BCUT2D eigenvalue weighted by atomic mass is 10.0. The summed E-state index contributed by atoms with van der Waals surface area (Å²) in [6.45, 7) is 1.95. The molecule has 1 atom stereocenters. The zero-order valence-corrected chi connectivity index (χ0v) is 11.0. The number of nitrogens with two attached hydrogens (primary N) is 1. The molecule has 0 aliphatic carbocycles. The van der Waals surface area contributed by atoms with Gasteiger partial charge in [-0.05, 0) is 30.5 Å². The maximum absolute atomic E-state index is 11.2. The quantitative estimate of drug-likeness (QED) is 0.802. The first-order chi connectivity index (χ1) is 8.11. The third-order valence-corrected chi connectivity index (χ3v) is 2.65. The topological polar surface area (TPSA) is 93.9 Å². The fraction of sp³-hybridized carbons (Fsp3) is 0.364. The van der Waals surface area contributed by atoms with Gasteiger partial charge >= 0.3 is 5.97 Å². The smallest absolute Gasteiger partial charge is 0.322 e. The lowest BCUT2D eigenvalue weighted by Crippen LogP contribution is -2.33. The number of ether oxygens (including phenoxy) is 1. The average molecular weight is 271 g/mol. The molecule has 1 unspecified atom stereocenters. The van der Waals surface area contributed by atoms with Crippen LogP contribution in [0.2, 0.25) is 0 Å². The lowest BCUT2D eigenvalue weighted by Gasteiger charge is -2.09. The Hall–Kier alpha value is -1.66. The zero-order chi connectivity index (χ0) is 12.4. The summed E-state index contributed by atoms with van der Waals surface area (Å²) in [5.41, 5.74) is 9.36. The molecule has 0 bridgehead atoms. The second-order valence-corrected chi connectivity index (χ2v) is 3.95. The standard InChI is InChI=1S/C11H14N4O2.ClH/c1-6-3-7(4-8(12)11(16)17-2)5-9-10(6)14-15-13-9;/h3,5,8H,4,12H2,1-2H3,(H,13,14,15);1H. The Morgan fingerprint density at radius 3 is 2.94 bits per heavy atom. The molecular formula is C11H15ClN4O2. The first-order valence-corrected chi connectivity index (χ1v) is 5.25. The normalized spacial score (nSPS) is 11.9. The summed E-state index contributed by atoms with van der Waals surface area (Å²) in [7, 11) is 1.33. The molecule has 0 radical (unpaired) electrons. The summed E-state index contributed by atoms with van der Waals surface area (Å²) in [6, 6.07) is 3.18. The summed E-state index contributed by atoms with van der Waals surface area (Å²) in [4.78, 5) is 11.2. The molecule has 0 saturated heterocycles. The van der Waals surface area contributed by atoms with Crippen molar-refractivity contribution in [3.63, 3.8) is 0 Å². The van der Waals surface area contributed by atoms with Crippen LogP contribution in [0, 0.1) is 6.92 Å². The minimum Gasteiger partial charge on any atom is -0.468 e. The van der Waals surface area contributed by atoms with Gasteiger partial charge in [-0.1, -0.05) is 11.3 Å². The molecular weight excluding hydrogens is 256 g/mol. The molecule has 98 valence electrons. The largest absolute Gasteiger partial charge is 0.468 e. The van der Waals surface area contributed by atoms with Gasteiger partial charge in [0.2, 0.25) is 0 Å². The number of nitrogens with zero attached hydrogens (tertiary/aromatic N) is 2. The molecule has 0 fully saturated rings. The van der Waals surface area contributed by atoms with Crippen molar-refractivity contribution in [3.8, 4) is 0 Å². The lowest BCUT2D eigenvalue weighted by molar-refractivity contribution is -0.142. The molecule has 3 N–H and O–H groups in total. The van der Waals surface area contributed by atoms with Crippen molar-refractivity contribution in [2.75, 3.05) is 7.11 Å². The maximum atomic E-state index is 11.2. The number of hydrogen-bond acceptors (Lipinski definition) is 5. The van der Waals surface area contributed by atoms with E-state index in [-0.39, 0.29) is 12.4 Å². The molecule has 6 nitrogen and oxygen atoms in total. The molecule has 1 aromatic carbocycles. The number of benzene rings is 1. The number of halogens is 1. The average Bonchev–Trinajstić information content (AvgIpc) is 2.76. The Bertz CT molecular complexity index is 555. The van der Waals surface area contributed by atoms with E-state index < -0.39 is 12.0 Å². The van der Waals surface area contributed by atoms with Gasteiger partial charge in [0, 0.05) is 0 Å². The molecule has 2 rings (SSSR count). The van der Waals surface area contributed by atoms with Gasteiger partial charge < -0.3 is 10.5 Å².